The van der Waals surface area contributed by atoms with E-state index in [1.807, 2.05) is 12.2 Å². The van der Waals surface area contributed by atoms with Gasteiger partial charge < -0.3 is 30.6 Å². The normalized spacial score (nSPS) is 19.1. The van der Waals surface area contributed by atoms with Gasteiger partial charge in [-0.1, -0.05) is 36.4 Å². The molecular weight excluding hydrogens is 444 g/mol. The molecule has 0 radical (unpaired) electrons. The van der Waals surface area contributed by atoms with Crippen LogP contribution in [0, 0.1) is 0 Å². The van der Waals surface area contributed by atoms with Crippen molar-refractivity contribution in [1.82, 2.24) is 0 Å². The van der Waals surface area contributed by atoms with Crippen molar-refractivity contribution in [3.8, 4) is 34.5 Å². The Morgan fingerprint density at radius 3 is 1.74 bits per heavy atom. The van der Waals surface area contributed by atoms with Crippen molar-refractivity contribution in [2.45, 2.75) is 17.8 Å². The molecule has 5 rings (SSSR count). The molecule has 0 fully saturated rings. The van der Waals surface area contributed by atoms with Gasteiger partial charge in [-0.05, 0) is 64.7 Å². The number of rotatable bonds is 4. The highest BCUT2D eigenvalue weighted by atomic mass is 16.3. The second kappa shape index (κ2) is 8.65. The molecule has 0 saturated heterocycles. The van der Waals surface area contributed by atoms with Gasteiger partial charge in [0.05, 0.1) is 0 Å². The number of benzene rings is 4. The molecule has 6 N–H and O–H groups in total. The molecular formula is C29H24O6. The zero-order valence-corrected chi connectivity index (χ0v) is 18.6. The maximum absolute atomic E-state index is 10.9. The van der Waals surface area contributed by atoms with Crippen molar-refractivity contribution in [1.29, 1.82) is 0 Å². The van der Waals surface area contributed by atoms with Gasteiger partial charge >= 0.3 is 0 Å². The summed E-state index contributed by atoms with van der Waals surface area (Å²) >= 11 is 0. The molecule has 0 amide bonds. The number of phenols is 6. The SMILES string of the molecule is Oc1ccc(/C=C\C2c3cc(O)cc(O)c3C(c3ccc(O)cc3)C2c2cc(O)cc(O)c2)cc1. The van der Waals surface area contributed by atoms with E-state index >= 15 is 0 Å². The molecule has 0 saturated carbocycles. The Hall–Kier alpha value is -4.58. The number of aromatic hydroxyl groups is 6. The van der Waals surface area contributed by atoms with Crippen molar-refractivity contribution < 1.29 is 30.6 Å². The molecule has 1 aliphatic rings. The molecule has 35 heavy (non-hydrogen) atoms. The Bertz CT molecular complexity index is 1390. The van der Waals surface area contributed by atoms with Crippen LogP contribution >= 0.6 is 0 Å². The topological polar surface area (TPSA) is 121 Å². The molecule has 0 bridgehead atoms. The standard InChI is InChI=1S/C29H24O6/c30-19-6-1-16(2-7-19)3-10-24-25-14-23(34)15-26(35)29(25)28(17-4-8-20(31)9-5-17)27(24)18-11-21(32)13-22(33)12-18/h1-15,24,27-28,30-35H/b10-3-. The van der Waals surface area contributed by atoms with Gasteiger partial charge in [-0.15, -0.1) is 0 Å². The summed E-state index contributed by atoms with van der Waals surface area (Å²) in [6.07, 6.45) is 3.85. The van der Waals surface area contributed by atoms with Gasteiger partial charge in [0.15, 0.2) is 0 Å². The predicted octanol–water partition coefficient (Wildman–Crippen LogP) is 5.65. The summed E-state index contributed by atoms with van der Waals surface area (Å²) in [6.45, 7) is 0. The van der Waals surface area contributed by atoms with Gasteiger partial charge in [0.2, 0.25) is 0 Å². The first kappa shape index (κ1) is 22.2. The van der Waals surface area contributed by atoms with Crippen LogP contribution in [-0.2, 0) is 0 Å². The van der Waals surface area contributed by atoms with Gasteiger partial charge in [0, 0.05) is 35.4 Å². The summed E-state index contributed by atoms with van der Waals surface area (Å²) in [5, 5.41) is 61.2. The van der Waals surface area contributed by atoms with Crippen LogP contribution in [0.1, 0.15) is 45.6 Å². The summed E-state index contributed by atoms with van der Waals surface area (Å²) in [6, 6.07) is 20.8. The van der Waals surface area contributed by atoms with Gasteiger partial charge in [0.25, 0.3) is 0 Å². The van der Waals surface area contributed by atoms with Crippen LogP contribution in [0.2, 0.25) is 0 Å². The first-order valence-electron chi connectivity index (χ1n) is 11.1. The van der Waals surface area contributed by atoms with E-state index in [-0.39, 0.29) is 46.3 Å². The van der Waals surface area contributed by atoms with Crippen LogP contribution in [0.25, 0.3) is 6.08 Å². The minimum absolute atomic E-state index is 0.0621. The maximum Gasteiger partial charge on any atom is 0.123 e. The summed E-state index contributed by atoms with van der Waals surface area (Å²) in [4.78, 5) is 0. The molecule has 3 atom stereocenters. The van der Waals surface area contributed by atoms with E-state index in [2.05, 4.69) is 0 Å². The molecule has 3 unspecified atom stereocenters. The molecule has 1 aliphatic carbocycles. The van der Waals surface area contributed by atoms with Crippen molar-refractivity contribution in [2.24, 2.45) is 0 Å². The van der Waals surface area contributed by atoms with E-state index < -0.39 is 5.92 Å². The number of allylic oxidation sites excluding steroid dienone is 1. The smallest absolute Gasteiger partial charge is 0.123 e. The minimum Gasteiger partial charge on any atom is -0.508 e. The van der Waals surface area contributed by atoms with E-state index in [1.165, 1.54) is 12.1 Å². The van der Waals surface area contributed by atoms with Crippen LogP contribution in [-0.4, -0.2) is 30.6 Å². The fourth-order valence-electron chi connectivity index (χ4n) is 5.13. The highest BCUT2D eigenvalue weighted by molar-refractivity contribution is 5.63. The summed E-state index contributed by atoms with van der Waals surface area (Å²) in [7, 11) is 0. The van der Waals surface area contributed by atoms with Crippen LogP contribution < -0.4 is 0 Å². The van der Waals surface area contributed by atoms with Gasteiger partial charge in [-0.2, -0.15) is 0 Å². The predicted molar refractivity (Wildman–Crippen MR) is 132 cm³/mol. The minimum atomic E-state index is -0.401. The van der Waals surface area contributed by atoms with Crippen LogP contribution in [0.4, 0.5) is 0 Å². The molecule has 6 nitrogen and oxygen atoms in total. The number of hydrogen-bond donors (Lipinski definition) is 6. The van der Waals surface area contributed by atoms with Crippen molar-refractivity contribution >= 4 is 6.08 Å². The highest BCUT2D eigenvalue weighted by Crippen LogP contribution is 2.59. The molecule has 0 spiro atoms. The highest BCUT2D eigenvalue weighted by Gasteiger charge is 2.43. The lowest BCUT2D eigenvalue weighted by Crippen LogP contribution is -2.11. The molecule has 4 aromatic carbocycles. The number of fused-ring (bicyclic) bond motifs is 1. The summed E-state index contributed by atoms with van der Waals surface area (Å²) in [5.74, 6) is -1.17. The van der Waals surface area contributed by atoms with E-state index in [0.29, 0.717) is 16.7 Å². The van der Waals surface area contributed by atoms with Crippen LogP contribution in [0.15, 0.2) is 84.9 Å². The van der Waals surface area contributed by atoms with Gasteiger partial charge in [-0.3, -0.25) is 0 Å². The van der Waals surface area contributed by atoms with E-state index in [4.69, 9.17) is 0 Å². The Labute approximate surface area is 201 Å². The second-order valence-corrected chi connectivity index (χ2v) is 8.82. The van der Waals surface area contributed by atoms with Gasteiger partial charge in [-0.25, -0.2) is 0 Å². The molecule has 0 aromatic heterocycles. The first-order chi connectivity index (χ1) is 16.8. The third-order valence-corrected chi connectivity index (χ3v) is 6.54. The van der Waals surface area contributed by atoms with Crippen molar-refractivity contribution in [3.63, 3.8) is 0 Å². The average Bonchev–Trinajstić information content (AvgIpc) is 3.13. The van der Waals surface area contributed by atoms with E-state index in [9.17, 15) is 30.6 Å². The second-order valence-electron chi connectivity index (χ2n) is 8.82. The van der Waals surface area contributed by atoms with Crippen molar-refractivity contribution in [2.75, 3.05) is 0 Å². The third-order valence-electron chi connectivity index (χ3n) is 6.54. The lowest BCUT2D eigenvalue weighted by Gasteiger charge is -2.26. The van der Waals surface area contributed by atoms with E-state index in [0.717, 1.165) is 11.1 Å². The molecule has 6 heteroatoms. The fourth-order valence-corrected chi connectivity index (χ4v) is 5.13. The zero-order chi connectivity index (χ0) is 24.7. The number of phenolic OH excluding ortho intramolecular Hbond substituents is 6. The Kier molecular flexibility index (Phi) is 5.49. The van der Waals surface area contributed by atoms with Crippen LogP contribution in [0.5, 0.6) is 34.5 Å². The molecule has 0 aliphatic heterocycles. The lowest BCUT2D eigenvalue weighted by atomic mass is 9.77. The molecule has 176 valence electrons. The quantitative estimate of drug-likeness (QED) is 0.230. The van der Waals surface area contributed by atoms with Crippen molar-refractivity contribution in [3.05, 3.63) is 113 Å². The molecule has 4 aromatic rings. The summed E-state index contributed by atoms with van der Waals surface area (Å²) < 4.78 is 0. The van der Waals surface area contributed by atoms with Gasteiger partial charge in [0.1, 0.15) is 34.5 Å². The summed E-state index contributed by atoms with van der Waals surface area (Å²) in [5.41, 5.74) is 3.65. The lowest BCUT2D eigenvalue weighted by molar-refractivity contribution is 0.443. The molecule has 0 heterocycles. The maximum atomic E-state index is 10.9. The Morgan fingerprint density at radius 1 is 0.543 bits per heavy atom. The van der Waals surface area contributed by atoms with E-state index in [1.54, 1.807) is 66.7 Å². The monoisotopic (exact) mass is 468 g/mol. The zero-order valence-electron chi connectivity index (χ0n) is 18.6. The average molecular weight is 469 g/mol. The third kappa shape index (κ3) is 4.22. The Balaban J connectivity index is 1.74. The van der Waals surface area contributed by atoms with Crippen LogP contribution in [0.3, 0.4) is 0 Å². The Morgan fingerprint density at radius 2 is 1.11 bits per heavy atom. The number of hydrogen-bond acceptors (Lipinski definition) is 6. The largest absolute Gasteiger partial charge is 0.508 e. The fraction of sp³-hybridized carbons (Fsp3) is 0.103. The first-order valence-corrected chi connectivity index (χ1v) is 11.1.